The third-order valence-electron chi connectivity index (χ3n) is 4.77. The average Bonchev–Trinajstić information content (AvgIpc) is 2.88. The molecule has 0 amide bonds. The van der Waals surface area contributed by atoms with Crippen LogP contribution in [0.15, 0.2) is 46.6 Å². The summed E-state index contributed by atoms with van der Waals surface area (Å²) < 4.78 is 21.7. The molecule has 0 saturated carbocycles. The summed E-state index contributed by atoms with van der Waals surface area (Å²) >= 11 is 0. The second-order valence-corrected chi connectivity index (χ2v) is 6.60. The lowest BCUT2D eigenvalue weighted by atomic mass is 9.95. The number of hydrogen-bond donors (Lipinski definition) is 0. The van der Waals surface area contributed by atoms with Crippen molar-refractivity contribution in [1.29, 1.82) is 0 Å². The summed E-state index contributed by atoms with van der Waals surface area (Å²) in [5, 5.41) is 9.01. The summed E-state index contributed by atoms with van der Waals surface area (Å²) in [6.45, 7) is 2.06. The number of rotatable bonds is 6. The SMILES string of the molecule is COc1ccc(C=CC2N=NC(C)Cc3cc(OC)c(OC)cc32)c(OC)c1. The van der Waals surface area contributed by atoms with Gasteiger partial charge in [-0.2, -0.15) is 10.2 Å². The number of benzene rings is 2. The second-order valence-electron chi connectivity index (χ2n) is 6.60. The molecule has 0 bridgehead atoms. The molecule has 6 nitrogen and oxygen atoms in total. The van der Waals surface area contributed by atoms with Gasteiger partial charge in [-0.15, -0.1) is 0 Å². The molecule has 6 heteroatoms. The Morgan fingerprint density at radius 3 is 2.25 bits per heavy atom. The van der Waals surface area contributed by atoms with E-state index in [9.17, 15) is 0 Å². The highest BCUT2D eigenvalue weighted by molar-refractivity contribution is 5.61. The highest BCUT2D eigenvalue weighted by Crippen LogP contribution is 2.38. The molecular weight excluding hydrogens is 356 g/mol. The first-order chi connectivity index (χ1) is 13.6. The zero-order valence-corrected chi connectivity index (χ0v) is 16.9. The van der Waals surface area contributed by atoms with Crippen LogP contribution >= 0.6 is 0 Å². The number of methoxy groups -OCH3 is 4. The summed E-state index contributed by atoms with van der Waals surface area (Å²) in [7, 11) is 6.56. The van der Waals surface area contributed by atoms with Crippen molar-refractivity contribution in [1.82, 2.24) is 0 Å². The van der Waals surface area contributed by atoms with Crippen LogP contribution in [0, 0.1) is 0 Å². The number of azo groups is 1. The van der Waals surface area contributed by atoms with Crippen molar-refractivity contribution < 1.29 is 18.9 Å². The van der Waals surface area contributed by atoms with Gasteiger partial charge in [0.2, 0.25) is 0 Å². The predicted octanol–water partition coefficient (Wildman–Crippen LogP) is 4.87. The molecular formula is C22H26N2O4. The van der Waals surface area contributed by atoms with Crippen LogP contribution in [-0.2, 0) is 6.42 Å². The summed E-state index contributed by atoms with van der Waals surface area (Å²) in [5.41, 5.74) is 3.17. The minimum atomic E-state index is -0.216. The Hall–Kier alpha value is -3.02. The smallest absolute Gasteiger partial charge is 0.161 e. The molecule has 2 unspecified atom stereocenters. The van der Waals surface area contributed by atoms with Gasteiger partial charge in [0.15, 0.2) is 11.5 Å². The molecule has 0 spiro atoms. The van der Waals surface area contributed by atoms with Crippen LogP contribution in [0.1, 0.15) is 29.7 Å². The molecule has 0 fully saturated rings. The van der Waals surface area contributed by atoms with Gasteiger partial charge < -0.3 is 18.9 Å². The molecule has 1 heterocycles. The van der Waals surface area contributed by atoms with Crippen LogP contribution in [0.2, 0.25) is 0 Å². The van der Waals surface area contributed by atoms with Crippen LogP contribution in [0.4, 0.5) is 0 Å². The second kappa shape index (κ2) is 8.78. The maximum atomic E-state index is 5.49. The molecule has 28 heavy (non-hydrogen) atoms. The van der Waals surface area contributed by atoms with Crippen molar-refractivity contribution in [2.75, 3.05) is 28.4 Å². The number of hydrogen-bond acceptors (Lipinski definition) is 6. The molecule has 1 aliphatic rings. The minimum absolute atomic E-state index is 0.103. The van der Waals surface area contributed by atoms with E-state index in [0.717, 1.165) is 40.4 Å². The Labute approximate surface area is 165 Å². The quantitative estimate of drug-likeness (QED) is 0.715. The summed E-state index contributed by atoms with van der Waals surface area (Å²) in [6, 6.07) is 9.62. The molecule has 0 aromatic heterocycles. The lowest BCUT2D eigenvalue weighted by molar-refractivity contribution is 0.354. The molecule has 0 saturated heterocycles. The maximum Gasteiger partial charge on any atom is 0.161 e. The van der Waals surface area contributed by atoms with Crippen LogP contribution < -0.4 is 18.9 Å². The van der Waals surface area contributed by atoms with Crippen LogP contribution in [0.25, 0.3) is 6.08 Å². The zero-order chi connectivity index (χ0) is 20.1. The van der Waals surface area contributed by atoms with E-state index >= 15 is 0 Å². The van der Waals surface area contributed by atoms with Gasteiger partial charge in [-0.3, -0.25) is 0 Å². The van der Waals surface area contributed by atoms with E-state index in [1.807, 2.05) is 42.5 Å². The largest absolute Gasteiger partial charge is 0.497 e. The van der Waals surface area contributed by atoms with E-state index in [4.69, 9.17) is 18.9 Å². The fraction of sp³-hybridized carbons (Fsp3) is 0.364. The van der Waals surface area contributed by atoms with E-state index in [1.165, 1.54) is 0 Å². The van der Waals surface area contributed by atoms with Crippen LogP contribution in [0.5, 0.6) is 23.0 Å². The van der Waals surface area contributed by atoms with Crippen molar-refractivity contribution in [2.45, 2.75) is 25.4 Å². The fourth-order valence-electron chi connectivity index (χ4n) is 3.29. The van der Waals surface area contributed by atoms with Gasteiger partial charge in [-0.25, -0.2) is 0 Å². The van der Waals surface area contributed by atoms with E-state index in [2.05, 4.69) is 17.2 Å². The summed E-state index contributed by atoms with van der Waals surface area (Å²) in [5.74, 6) is 2.89. The topological polar surface area (TPSA) is 61.6 Å². The summed E-state index contributed by atoms with van der Waals surface area (Å²) in [6.07, 6.45) is 4.82. The summed E-state index contributed by atoms with van der Waals surface area (Å²) in [4.78, 5) is 0. The first-order valence-electron chi connectivity index (χ1n) is 9.14. The first kappa shape index (κ1) is 19.7. The predicted molar refractivity (Wildman–Crippen MR) is 109 cm³/mol. The molecule has 0 N–H and O–H groups in total. The highest BCUT2D eigenvalue weighted by Gasteiger charge is 2.21. The zero-order valence-electron chi connectivity index (χ0n) is 16.9. The molecule has 1 aliphatic heterocycles. The lowest BCUT2D eigenvalue weighted by Gasteiger charge is -2.16. The average molecular weight is 382 g/mol. The highest BCUT2D eigenvalue weighted by atomic mass is 16.5. The Balaban J connectivity index is 2.01. The molecule has 2 aromatic carbocycles. The number of nitrogens with zero attached hydrogens (tertiary/aromatic N) is 2. The molecule has 3 rings (SSSR count). The minimum Gasteiger partial charge on any atom is -0.497 e. The van der Waals surface area contributed by atoms with Gasteiger partial charge in [0.05, 0.1) is 34.5 Å². The molecule has 0 radical (unpaired) electrons. The van der Waals surface area contributed by atoms with Gasteiger partial charge in [-0.05, 0) is 48.7 Å². The number of ether oxygens (including phenoxy) is 4. The van der Waals surface area contributed by atoms with E-state index in [-0.39, 0.29) is 12.1 Å². The Bertz CT molecular complexity index is 892. The maximum absolute atomic E-state index is 5.49. The Kier molecular flexibility index (Phi) is 6.19. The van der Waals surface area contributed by atoms with Crippen molar-refractivity contribution in [3.63, 3.8) is 0 Å². The van der Waals surface area contributed by atoms with Gasteiger partial charge in [-0.1, -0.05) is 12.2 Å². The van der Waals surface area contributed by atoms with Gasteiger partial charge in [0, 0.05) is 11.6 Å². The van der Waals surface area contributed by atoms with E-state index in [0.29, 0.717) is 5.75 Å². The van der Waals surface area contributed by atoms with E-state index in [1.54, 1.807) is 28.4 Å². The van der Waals surface area contributed by atoms with Gasteiger partial charge >= 0.3 is 0 Å². The van der Waals surface area contributed by atoms with Crippen molar-refractivity contribution in [3.05, 3.63) is 53.1 Å². The normalized spacial score (nSPS) is 18.5. The van der Waals surface area contributed by atoms with Crippen LogP contribution in [0.3, 0.4) is 0 Å². The third-order valence-corrected chi connectivity index (χ3v) is 4.77. The fourth-order valence-corrected chi connectivity index (χ4v) is 3.29. The molecule has 148 valence electrons. The lowest BCUT2D eigenvalue weighted by Crippen LogP contribution is -2.04. The first-order valence-corrected chi connectivity index (χ1v) is 9.14. The number of fused-ring (bicyclic) bond motifs is 1. The Morgan fingerprint density at radius 2 is 1.57 bits per heavy atom. The monoisotopic (exact) mass is 382 g/mol. The Morgan fingerprint density at radius 1 is 0.857 bits per heavy atom. The van der Waals surface area contributed by atoms with Crippen molar-refractivity contribution in [3.8, 4) is 23.0 Å². The van der Waals surface area contributed by atoms with Gasteiger partial charge in [0.1, 0.15) is 17.5 Å². The third kappa shape index (κ3) is 4.11. The molecule has 2 atom stereocenters. The van der Waals surface area contributed by atoms with Gasteiger partial charge in [0.25, 0.3) is 0 Å². The van der Waals surface area contributed by atoms with Crippen molar-refractivity contribution >= 4 is 6.08 Å². The van der Waals surface area contributed by atoms with Crippen LogP contribution in [-0.4, -0.2) is 34.5 Å². The van der Waals surface area contributed by atoms with Crippen molar-refractivity contribution in [2.24, 2.45) is 10.2 Å². The molecule has 0 aliphatic carbocycles. The van der Waals surface area contributed by atoms with E-state index < -0.39 is 0 Å². The standard InChI is InChI=1S/C22H26N2O4/c1-14-10-16-11-21(27-4)22(28-5)13-18(16)19(24-23-14)9-7-15-6-8-17(25-2)12-20(15)26-3/h6-9,11-14,19H,10H2,1-5H3. The molecule has 2 aromatic rings.